The van der Waals surface area contributed by atoms with Crippen LogP contribution < -0.4 is 10.9 Å². The largest absolute Gasteiger partial charge is 0.294 e. The highest BCUT2D eigenvalue weighted by atomic mass is 35.5. The fourth-order valence-electron chi connectivity index (χ4n) is 1.52. The van der Waals surface area contributed by atoms with Crippen LogP contribution in [-0.2, 0) is 0 Å². The number of hydrogen-bond donors (Lipinski definition) is 2. The third-order valence-corrected chi connectivity index (χ3v) is 3.78. The summed E-state index contributed by atoms with van der Waals surface area (Å²) in [5, 5.41) is 7.73. The van der Waals surface area contributed by atoms with Crippen LogP contribution in [0.3, 0.4) is 0 Å². The molecule has 0 atom stereocenters. The third-order valence-electron chi connectivity index (χ3n) is 2.66. The number of rotatable bonds is 3. The first kappa shape index (κ1) is 18.3. The molecule has 0 unspecified atom stereocenters. The number of aromatic nitrogens is 1. The number of anilines is 2. The summed E-state index contributed by atoms with van der Waals surface area (Å²) in [6, 6.07) is 1.62. The summed E-state index contributed by atoms with van der Waals surface area (Å²) in [5.41, 5.74) is 2.12. The van der Waals surface area contributed by atoms with E-state index in [2.05, 4.69) is 4.98 Å². The molecule has 0 saturated carbocycles. The van der Waals surface area contributed by atoms with E-state index in [0.29, 0.717) is 0 Å². The maximum absolute atomic E-state index is 13.5. The zero-order valence-electron chi connectivity index (χ0n) is 10.9. The van der Waals surface area contributed by atoms with Gasteiger partial charge in [0.05, 0.1) is 5.02 Å². The molecule has 0 bridgehead atoms. The first-order valence-electron chi connectivity index (χ1n) is 5.68. The lowest BCUT2D eigenvalue weighted by atomic mass is 10.2. The van der Waals surface area contributed by atoms with Crippen LogP contribution in [0.1, 0.15) is 5.56 Å². The molecule has 2 rings (SSSR count). The van der Waals surface area contributed by atoms with Crippen molar-refractivity contribution in [3.8, 4) is 6.07 Å². The number of halogens is 8. The second kappa shape index (κ2) is 6.84. The first-order chi connectivity index (χ1) is 11.2. The molecule has 1 aromatic carbocycles. The van der Waals surface area contributed by atoms with Gasteiger partial charge < -0.3 is 0 Å². The number of nitrogens with one attached hydrogen (secondary N) is 2. The third kappa shape index (κ3) is 3.00. The average Bonchev–Trinajstić information content (AvgIpc) is 2.55. The number of hydrogen-bond acceptors (Lipinski definition) is 4. The number of pyridine rings is 1. The lowest BCUT2D eigenvalue weighted by molar-refractivity contribution is 0.381. The van der Waals surface area contributed by atoms with Crippen molar-refractivity contribution in [1.82, 2.24) is 4.98 Å². The Morgan fingerprint density at radius 1 is 0.792 bits per heavy atom. The Morgan fingerprint density at radius 3 is 1.79 bits per heavy atom. The summed E-state index contributed by atoms with van der Waals surface area (Å²) in [6.45, 7) is 0. The van der Waals surface area contributed by atoms with Crippen molar-refractivity contribution in [2.24, 2.45) is 0 Å². The van der Waals surface area contributed by atoms with Gasteiger partial charge in [0.15, 0.2) is 34.2 Å². The van der Waals surface area contributed by atoms with E-state index in [1.165, 1.54) is 0 Å². The van der Waals surface area contributed by atoms with Gasteiger partial charge in [-0.05, 0) is 0 Å². The zero-order chi connectivity index (χ0) is 18.2. The van der Waals surface area contributed by atoms with Crippen LogP contribution in [0.5, 0.6) is 0 Å². The van der Waals surface area contributed by atoms with E-state index in [9.17, 15) is 22.0 Å². The highest BCUT2D eigenvalue weighted by Crippen LogP contribution is 2.35. The van der Waals surface area contributed by atoms with Crippen molar-refractivity contribution >= 4 is 46.3 Å². The SMILES string of the molecule is N#Cc1c(Cl)nc(NNc2c(F)c(F)c(F)c(F)c2F)c(Cl)c1Cl. The average molecular weight is 404 g/mol. The quantitative estimate of drug-likeness (QED) is 0.248. The summed E-state index contributed by atoms with van der Waals surface area (Å²) in [5.74, 6) is -11.2. The van der Waals surface area contributed by atoms with Crippen molar-refractivity contribution in [3.05, 3.63) is 49.8 Å². The smallest absolute Gasteiger partial charge is 0.200 e. The topological polar surface area (TPSA) is 60.7 Å². The van der Waals surface area contributed by atoms with Gasteiger partial charge in [-0.3, -0.25) is 10.9 Å². The van der Waals surface area contributed by atoms with Crippen LogP contribution in [0.4, 0.5) is 33.5 Å². The second-order valence-electron chi connectivity index (χ2n) is 4.06. The number of nitriles is 1. The van der Waals surface area contributed by atoms with Crippen LogP contribution >= 0.6 is 34.8 Å². The van der Waals surface area contributed by atoms with E-state index in [4.69, 9.17) is 40.1 Å². The van der Waals surface area contributed by atoms with E-state index < -0.39 is 45.7 Å². The van der Waals surface area contributed by atoms with Gasteiger partial charge in [-0.15, -0.1) is 0 Å². The summed E-state index contributed by atoms with van der Waals surface area (Å²) in [7, 11) is 0. The van der Waals surface area contributed by atoms with Gasteiger partial charge in [-0.2, -0.15) is 5.26 Å². The van der Waals surface area contributed by atoms with Gasteiger partial charge >= 0.3 is 0 Å². The Labute approximate surface area is 145 Å². The summed E-state index contributed by atoms with van der Waals surface area (Å²) >= 11 is 17.2. The Bertz CT molecular complexity index is 855. The van der Waals surface area contributed by atoms with Crippen molar-refractivity contribution in [2.75, 3.05) is 10.9 Å². The molecule has 0 radical (unpaired) electrons. The Hall–Kier alpha value is -2.02. The molecule has 1 heterocycles. The molecule has 24 heavy (non-hydrogen) atoms. The van der Waals surface area contributed by atoms with Crippen LogP contribution in [0.25, 0.3) is 0 Å². The number of hydrazine groups is 1. The van der Waals surface area contributed by atoms with Gasteiger partial charge in [0.25, 0.3) is 0 Å². The van der Waals surface area contributed by atoms with E-state index in [1.54, 1.807) is 11.5 Å². The molecule has 1 aromatic heterocycles. The maximum atomic E-state index is 13.5. The van der Waals surface area contributed by atoms with Crippen molar-refractivity contribution in [3.63, 3.8) is 0 Å². The molecular weight excluding hydrogens is 402 g/mol. The molecule has 0 amide bonds. The Morgan fingerprint density at radius 2 is 1.29 bits per heavy atom. The van der Waals surface area contributed by atoms with E-state index in [-0.39, 0.29) is 15.6 Å². The Kier molecular flexibility index (Phi) is 5.22. The predicted octanol–water partition coefficient (Wildman–Crippen LogP) is 5.05. The molecule has 126 valence electrons. The molecule has 0 fully saturated rings. The molecule has 2 N–H and O–H groups in total. The van der Waals surface area contributed by atoms with Crippen LogP contribution in [0.2, 0.25) is 15.2 Å². The van der Waals surface area contributed by atoms with Gasteiger partial charge in [0, 0.05) is 0 Å². The standard InChI is InChI=1S/C12H2Cl3F5N4/c13-3-2(1-21)11(15)22-12(4(3)14)24-23-10-8(19)6(17)5(16)7(18)9(10)20/h23H,(H,22,24). The molecule has 0 saturated heterocycles. The highest BCUT2D eigenvalue weighted by Gasteiger charge is 2.26. The van der Waals surface area contributed by atoms with Crippen LogP contribution in [0.15, 0.2) is 0 Å². The van der Waals surface area contributed by atoms with E-state index in [0.717, 1.165) is 0 Å². The minimum Gasteiger partial charge on any atom is -0.294 e. The Balaban J connectivity index is 2.42. The molecule has 0 aliphatic carbocycles. The molecule has 4 nitrogen and oxygen atoms in total. The molecule has 2 aromatic rings. The monoisotopic (exact) mass is 402 g/mol. The first-order valence-corrected chi connectivity index (χ1v) is 6.82. The normalized spacial score (nSPS) is 10.5. The van der Waals surface area contributed by atoms with Gasteiger partial charge in [-0.25, -0.2) is 26.9 Å². The second-order valence-corrected chi connectivity index (χ2v) is 5.17. The van der Waals surface area contributed by atoms with Crippen molar-refractivity contribution in [1.29, 1.82) is 5.26 Å². The molecule has 0 aliphatic heterocycles. The fraction of sp³-hybridized carbons (Fsp3) is 0. The van der Waals surface area contributed by atoms with E-state index >= 15 is 0 Å². The predicted molar refractivity (Wildman–Crippen MR) is 77.5 cm³/mol. The molecule has 0 spiro atoms. The molecule has 0 aliphatic rings. The lowest BCUT2D eigenvalue weighted by Gasteiger charge is -2.14. The van der Waals surface area contributed by atoms with Crippen LogP contribution in [0, 0.1) is 40.4 Å². The van der Waals surface area contributed by atoms with Gasteiger partial charge in [0.2, 0.25) is 5.82 Å². The number of nitrogens with zero attached hydrogens (tertiary/aromatic N) is 2. The van der Waals surface area contributed by atoms with Gasteiger partial charge in [-0.1, -0.05) is 34.8 Å². The van der Waals surface area contributed by atoms with E-state index in [1.807, 2.05) is 5.43 Å². The maximum Gasteiger partial charge on any atom is 0.200 e. The summed E-state index contributed by atoms with van der Waals surface area (Å²) in [4.78, 5) is 3.59. The lowest BCUT2D eigenvalue weighted by Crippen LogP contribution is -2.16. The van der Waals surface area contributed by atoms with Crippen molar-refractivity contribution < 1.29 is 22.0 Å². The molecular formula is C12H2Cl3F5N4. The number of benzene rings is 1. The zero-order valence-corrected chi connectivity index (χ0v) is 13.2. The minimum absolute atomic E-state index is 0.259. The van der Waals surface area contributed by atoms with Crippen LogP contribution in [-0.4, -0.2) is 4.98 Å². The van der Waals surface area contributed by atoms with Gasteiger partial charge in [0.1, 0.15) is 22.3 Å². The molecule has 12 heteroatoms. The fourth-order valence-corrected chi connectivity index (χ4v) is 2.20. The summed E-state index contributed by atoms with van der Waals surface area (Å²) in [6.07, 6.45) is 0. The summed E-state index contributed by atoms with van der Waals surface area (Å²) < 4.78 is 66.1. The minimum atomic E-state index is -2.31. The highest BCUT2D eigenvalue weighted by molar-refractivity contribution is 6.45. The van der Waals surface area contributed by atoms with Crippen molar-refractivity contribution in [2.45, 2.75) is 0 Å².